The van der Waals surface area contributed by atoms with Crippen LogP contribution >= 0.6 is 11.3 Å². The number of rotatable bonds is 10. The van der Waals surface area contributed by atoms with Crippen LogP contribution in [0.5, 0.6) is 0 Å². The first-order chi connectivity index (χ1) is 22.6. The van der Waals surface area contributed by atoms with E-state index in [-0.39, 0.29) is 34.8 Å². The van der Waals surface area contributed by atoms with Crippen molar-refractivity contribution in [3.8, 4) is 11.1 Å². The van der Waals surface area contributed by atoms with Crippen molar-refractivity contribution in [3.05, 3.63) is 112 Å². The monoisotopic (exact) mass is 657 g/mol. The molecule has 1 N–H and O–H groups in total. The maximum atomic E-state index is 13.7. The Bertz CT molecular complexity index is 1670. The zero-order valence-electron chi connectivity index (χ0n) is 26.9. The van der Waals surface area contributed by atoms with Crippen LogP contribution in [0.15, 0.2) is 89.9 Å². The van der Waals surface area contributed by atoms with E-state index < -0.39 is 5.92 Å². The highest BCUT2D eigenvalue weighted by atomic mass is 32.1. The van der Waals surface area contributed by atoms with Gasteiger partial charge < -0.3 is 15.0 Å². The van der Waals surface area contributed by atoms with Gasteiger partial charge in [0.05, 0.1) is 17.7 Å². The van der Waals surface area contributed by atoms with E-state index in [2.05, 4.69) is 42.6 Å². The highest BCUT2D eigenvalue weighted by Crippen LogP contribution is 2.42. The van der Waals surface area contributed by atoms with Gasteiger partial charge in [-0.1, -0.05) is 79.8 Å². The molecule has 3 aromatic rings. The van der Waals surface area contributed by atoms with Crippen molar-refractivity contribution in [2.45, 2.75) is 63.9 Å². The van der Waals surface area contributed by atoms with E-state index in [4.69, 9.17) is 9.72 Å². The lowest BCUT2D eigenvalue weighted by Crippen LogP contribution is -2.48. The van der Waals surface area contributed by atoms with Crippen molar-refractivity contribution in [2.75, 3.05) is 26.2 Å². The summed E-state index contributed by atoms with van der Waals surface area (Å²) in [5.74, 6) is -2.97. The van der Waals surface area contributed by atoms with E-state index in [0.29, 0.717) is 37.5 Å². The number of allylic oxidation sites excluding steroid dienone is 4. The molecule has 0 spiro atoms. The number of carbonyl (C=O) groups is 2. The maximum absolute atomic E-state index is 13.7. The summed E-state index contributed by atoms with van der Waals surface area (Å²) in [6.45, 7) is 5.40. The van der Waals surface area contributed by atoms with Crippen LogP contribution in [0.2, 0.25) is 0 Å². The Morgan fingerprint density at radius 1 is 1.09 bits per heavy atom. The summed E-state index contributed by atoms with van der Waals surface area (Å²) < 4.78 is 33.5. The number of nitrogens with zero attached hydrogens (tertiary/aromatic N) is 2. The zero-order valence-corrected chi connectivity index (χ0v) is 27.7. The van der Waals surface area contributed by atoms with E-state index >= 15 is 0 Å². The molecule has 0 unspecified atom stereocenters. The summed E-state index contributed by atoms with van der Waals surface area (Å²) >= 11 is 1.50. The lowest BCUT2D eigenvalue weighted by atomic mass is 9.68. The molecule has 9 heteroatoms. The van der Waals surface area contributed by atoms with Gasteiger partial charge in [-0.15, -0.1) is 11.3 Å². The molecule has 2 aromatic carbocycles. The third-order valence-electron chi connectivity index (χ3n) is 9.40. The molecule has 6 rings (SSSR count). The van der Waals surface area contributed by atoms with Gasteiger partial charge >= 0.3 is 0 Å². The maximum Gasteiger partial charge on any atom is 0.270 e. The Balaban J connectivity index is 0.978. The average Bonchev–Trinajstić information content (AvgIpc) is 3.42. The van der Waals surface area contributed by atoms with Gasteiger partial charge in [0.15, 0.2) is 0 Å². The van der Waals surface area contributed by atoms with Crippen LogP contribution in [0.25, 0.3) is 11.1 Å². The summed E-state index contributed by atoms with van der Waals surface area (Å²) in [5, 5.41) is 5.84. The summed E-state index contributed by atoms with van der Waals surface area (Å²) in [7, 11) is 0. The van der Waals surface area contributed by atoms with Crippen LogP contribution in [0, 0.1) is 5.41 Å². The van der Waals surface area contributed by atoms with Crippen molar-refractivity contribution in [3.63, 3.8) is 0 Å². The van der Waals surface area contributed by atoms with Crippen LogP contribution in [0.4, 0.5) is 8.78 Å². The van der Waals surface area contributed by atoms with E-state index in [1.165, 1.54) is 29.0 Å². The number of likely N-dealkylation sites (tertiary alicyclic amines) is 1. The standard InChI is InChI=1S/C38H41F2N3O3S/c1-37(21-30(22-37)46-23-26-9-5-3-4-6-10-26)25-41-34(44)33-24-47-35(42-33)28-17-19-43(20-18-28)36(45)32-12-8-7-11-31(32)27-13-15-29(16-14-27)38(2,39)40/h3,5-16,24,28,30H,4,17-23,25H2,1-2H3,(H,41,44). The number of amides is 2. The number of halogens is 2. The number of alkyl halides is 2. The Morgan fingerprint density at radius 2 is 1.83 bits per heavy atom. The number of hydrogen-bond acceptors (Lipinski definition) is 5. The van der Waals surface area contributed by atoms with Crippen LogP contribution in [0.3, 0.4) is 0 Å². The van der Waals surface area contributed by atoms with Gasteiger partial charge in [0, 0.05) is 49.0 Å². The number of hydrogen-bond donors (Lipinski definition) is 1. The second kappa shape index (κ2) is 14.0. The molecule has 2 amide bonds. The molecule has 2 aliphatic carbocycles. The van der Waals surface area contributed by atoms with Gasteiger partial charge in [0.1, 0.15) is 5.69 Å². The minimum atomic E-state index is -2.92. The van der Waals surface area contributed by atoms with E-state index in [1.54, 1.807) is 18.2 Å². The molecule has 1 aliphatic heterocycles. The summed E-state index contributed by atoms with van der Waals surface area (Å²) in [6.07, 6.45) is 15.0. The average molecular weight is 658 g/mol. The molecule has 2 heterocycles. The van der Waals surface area contributed by atoms with Gasteiger partial charge in [0.25, 0.3) is 17.7 Å². The van der Waals surface area contributed by atoms with Crippen molar-refractivity contribution >= 4 is 23.2 Å². The van der Waals surface area contributed by atoms with Crippen LogP contribution in [0.1, 0.15) is 83.3 Å². The van der Waals surface area contributed by atoms with Gasteiger partial charge in [0.2, 0.25) is 0 Å². The number of benzene rings is 2. The third kappa shape index (κ3) is 7.96. The lowest BCUT2D eigenvalue weighted by Gasteiger charge is -2.45. The van der Waals surface area contributed by atoms with Gasteiger partial charge in [-0.05, 0) is 60.3 Å². The van der Waals surface area contributed by atoms with Crippen LogP contribution < -0.4 is 5.32 Å². The van der Waals surface area contributed by atoms with E-state index in [1.807, 2.05) is 28.5 Å². The Morgan fingerprint density at radius 3 is 2.57 bits per heavy atom. The molecule has 0 atom stereocenters. The normalized spacial score (nSPS) is 21.6. The van der Waals surface area contributed by atoms with Crippen molar-refractivity contribution in [1.29, 1.82) is 0 Å². The van der Waals surface area contributed by atoms with E-state index in [0.717, 1.165) is 55.2 Å². The zero-order chi connectivity index (χ0) is 33.0. The molecule has 6 nitrogen and oxygen atoms in total. The predicted octanol–water partition coefficient (Wildman–Crippen LogP) is 8.30. The van der Waals surface area contributed by atoms with Crippen LogP contribution in [-0.2, 0) is 10.7 Å². The second-order valence-corrected chi connectivity index (χ2v) is 14.2. The smallest absolute Gasteiger partial charge is 0.270 e. The predicted molar refractivity (Wildman–Crippen MR) is 182 cm³/mol. The fourth-order valence-electron chi connectivity index (χ4n) is 6.56. The number of thiazole rings is 1. The van der Waals surface area contributed by atoms with Crippen molar-refractivity contribution in [2.24, 2.45) is 5.41 Å². The lowest BCUT2D eigenvalue weighted by molar-refractivity contribution is -0.0628. The molecule has 47 heavy (non-hydrogen) atoms. The number of piperidine rings is 1. The van der Waals surface area contributed by atoms with Crippen LogP contribution in [-0.4, -0.2) is 54.0 Å². The SMILES string of the molecule is CC1(CNC(=O)c2csc(C3CCN(C(=O)c4ccccc4-c4ccc(C(C)(F)F)cc4)CC3)n2)CC(OCC2=CC=CCC=C2)C1. The minimum Gasteiger partial charge on any atom is -0.373 e. The Hall–Kier alpha value is -3.95. The topological polar surface area (TPSA) is 71.5 Å². The molecule has 1 aromatic heterocycles. The van der Waals surface area contributed by atoms with Gasteiger partial charge in [-0.2, -0.15) is 0 Å². The number of ether oxygens (including phenoxy) is 1. The fraction of sp³-hybridized carbons (Fsp3) is 0.395. The number of carbonyl (C=O) groups excluding carboxylic acids is 2. The van der Waals surface area contributed by atoms with Crippen molar-refractivity contribution in [1.82, 2.24) is 15.2 Å². The van der Waals surface area contributed by atoms with Crippen molar-refractivity contribution < 1.29 is 23.1 Å². The molecule has 3 aliphatic rings. The highest BCUT2D eigenvalue weighted by molar-refractivity contribution is 7.09. The molecule has 246 valence electrons. The first-order valence-corrected chi connectivity index (χ1v) is 17.2. The molecular formula is C38H41F2N3O3S. The molecular weight excluding hydrogens is 616 g/mol. The number of nitrogens with one attached hydrogen (secondary N) is 1. The molecule has 0 bridgehead atoms. The summed E-state index contributed by atoms with van der Waals surface area (Å²) in [5.41, 5.74) is 3.58. The first-order valence-electron chi connectivity index (χ1n) is 16.3. The molecule has 2 fully saturated rings. The fourth-order valence-corrected chi connectivity index (χ4v) is 7.53. The largest absolute Gasteiger partial charge is 0.373 e. The number of aromatic nitrogens is 1. The molecule has 1 saturated heterocycles. The Kier molecular flexibility index (Phi) is 9.85. The summed E-state index contributed by atoms with van der Waals surface area (Å²) in [4.78, 5) is 33.1. The highest BCUT2D eigenvalue weighted by Gasteiger charge is 2.41. The first kappa shape index (κ1) is 33.0. The minimum absolute atomic E-state index is 0.0123. The van der Waals surface area contributed by atoms with E-state index in [9.17, 15) is 18.4 Å². The third-order valence-corrected chi connectivity index (χ3v) is 10.4. The molecule has 1 saturated carbocycles. The summed E-state index contributed by atoms with van der Waals surface area (Å²) in [6, 6.07) is 13.4. The second-order valence-electron chi connectivity index (χ2n) is 13.3. The quantitative estimate of drug-likeness (QED) is 0.238. The van der Waals surface area contributed by atoms with Gasteiger partial charge in [-0.25, -0.2) is 13.8 Å². The molecule has 0 radical (unpaired) electrons. The van der Waals surface area contributed by atoms with Gasteiger partial charge in [-0.3, -0.25) is 9.59 Å². The Labute approximate surface area is 279 Å².